The summed E-state index contributed by atoms with van der Waals surface area (Å²) in [5.74, 6) is 0.0321. The minimum Gasteiger partial charge on any atom is -0.487 e. The van der Waals surface area contributed by atoms with Gasteiger partial charge in [-0.15, -0.1) is 0 Å². The predicted octanol–water partition coefficient (Wildman–Crippen LogP) is 5.42. The molecule has 5 nitrogen and oxygen atoms in total. The molecule has 5 heteroatoms. The van der Waals surface area contributed by atoms with Gasteiger partial charge in [-0.25, -0.2) is 0 Å². The zero-order valence-electron chi connectivity index (χ0n) is 18.7. The van der Waals surface area contributed by atoms with Gasteiger partial charge in [-0.1, -0.05) is 42.5 Å². The average molecular weight is 425 g/mol. The summed E-state index contributed by atoms with van der Waals surface area (Å²) in [6.45, 7) is 8.02. The first-order valence-electron chi connectivity index (χ1n) is 11.2. The van der Waals surface area contributed by atoms with Crippen molar-refractivity contribution in [3.8, 4) is 11.5 Å². The smallest absolute Gasteiger partial charge is 0.309 e. The normalized spacial score (nSPS) is 26.5. The summed E-state index contributed by atoms with van der Waals surface area (Å²) in [5, 5.41) is 9.96. The number of carboxylic acid groups (broad SMARTS) is 1. The van der Waals surface area contributed by atoms with Crippen molar-refractivity contribution < 1.29 is 24.1 Å². The SMILES string of the molecule is CC(C)Oc1cccc2c1OC(C)(C)[C@H]1C[C@H](C(=O)O)[C@H](CCc3ccccc3)O[C@H]21. The third-order valence-corrected chi connectivity index (χ3v) is 6.46. The van der Waals surface area contributed by atoms with Crippen molar-refractivity contribution in [2.24, 2.45) is 11.8 Å². The molecule has 2 aromatic carbocycles. The molecule has 0 radical (unpaired) electrons. The molecule has 2 heterocycles. The molecule has 0 aliphatic carbocycles. The number of benzene rings is 2. The summed E-state index contributed by atoms with van der Waals surface area (Å²) in [5.41, 5.74) is 1.58. The Balaban J connectivity index is 1.65. The molecule has 4 atom stereocenters. The Kier molecular flexibility index (Phi) is 5.98. The fraction of sp³-hybridized carbons (Fsp3) is 0.500. The maximum Gasteiger partial charge on any atom is 0.309 e. The molecule has 4 rings (SSSR count). The van der Waals surface area contributed by atoms with Crippen molar-refractivity contribution in [1.82, 2.24) is 0 Å². The fourth-order valence-electron chi connectivity index (χ4n) is 4.90. The van der Waals surface area contributed by atoms with Crippen LogP contribution >= 0.6 is 0 Å². The van der Waals surface area contributed by atoms with E-state index in [1.54, 1.807) is 0 Å². The van der Waals surface area contributed by atoms with E-state index in [9.17, 15) is 9.90 Å². The van der Waals surface area contributed by atoms with Gasteiger partial charge in [-0.3, -0.25) is 4.79 Å². The van der Waals surface area contributed by atoms with Crippen LogP contribution in [0.1, 0.15) is 57.8 Å². The summed E-state index contributed by atoms with van der Waals surface area (Å²) in [4.78, 5) is 12.1. The highest BCUT2D eigenvalue weighted by atomic mass is 16.6. The minimum atomic E-state index is -0.796. The van der Waals surface area contributed by atoms with Crippen LogP contribution in [-0.2, 0) is 16.0 Å². The summed E-state index contributed by atoms with van der Waals surface area (Å²) in [6, 6.07) is 16.1. The number of fused-ring (bicyclic) bond motifs is 3. The minimum absolute atomic E-state index is 0.0261. The number of para-hydroxylation sites is 1. The van der Waals surface area contributed by atoms with Crippen LogP contribution in [0.5, 0.6) is 11.5 Å². The molecule has 0 bridgehead atoms. The molecule has 0 saturated carbocycles. The first kappa shape index (κ1) is 21.7. The van der Waals surface area contributed by atoms with E-state index in [0.717, 1.165) is 17.7 Å². The summed E-state index contributed by atoms with van der Waals surface area (Å²) in [7, 11) is 0. The Labute approximate surface area is 184 Å². The molecule has 1 fully saturated rings. The van der Waals surface area contributed by atoms with Gasteiger partial charge >= 0.3 is 5.97 Å². The quantitative estimate of drug-likeness (QED) is 0.670. The lowest BCUT2D eigenvalue weighted by molar-refractivity contribution is -0.188. The fourth-order valence-corrected chi connectivity index (χ4v) is 4.90. The van der Waals surface area contributed by atoms with Gasteiger partial charge in [0.25, 0.3) is 0 Å². The monoisotopic (exact) mass is 424 g/mol. The van der Waals surface area contributed by atoms with Crippen molar-refractivity contribution in [3.05, 3.63) is 59.7 Å². The van der Waals surface area contributed by atoms with Gasteiger partial charge < -0.3 is 19.3 Å². The zero-order valence-corrected chi connectivity index (χ0v) is 18.7. The number of hydrogen-bond donors (Lipinski definition) is 1. The Morgan fingerprint density at radius 1 is 1.16 bits per heavy atom. The van der Waals surface area contributed by atoms with Gasteiger partial charge in [0, 0.05) is 11.5 Å². The highest BCUT2D eigenvalue weighted by Crippen LogP contribution is 2.54. The lowest BCUT2D eigenvalue weighted by atomic mass is 9.71. The molecule has 2 aliphatic heterocycles. The molecule has 0 aromatic heterocycles. The van der Waals surface area contributed by atoms with Gasteiger partial charge in [0.1, 0.15) is 5.60 Å². The standard InChI is InChI=1S/C26H32O5/c1-16(2)29-22-12-8-11-18-23-20(26(3,4)31-24(18)22)15-19(25(27)28)21(30-23)14-13-17-9-6-5-7-10-17/h5-12,16,19-21,23H,13-15H2,1-4H3,(H,27,28)/t19-,20-,21-,23+/m0/s1. The van der Waals surface area contributed by atoms with Crippen molar-refractivity contribution >= 4 is 5.97 Å². The van der Waals surface area contributed by atoms with Crippen molar-refractivity contribution in [2.45, 2.75) is 70.9 Å². The van der Waals surface area contributed by atoms with Crippen molar-refractivity contribution in [1.29, 1.82) is 0 Å². The van der Waals surface area contributed by atoms with E-state index in [1.165, 1.54) is 5.56 Å². The van der Waals surface area contributed by atoms with Crippen LogP contribution in [0.2, 0.25) is 0 Å². The van der Waals surface area contributed by atoms with Crippen molar-refractivity contribution in [2.75, 3.05) is 0 Å². The molecule has 1 saturated heterocycles. The van der Waals surface area contributed by atoms with Crippen LogP contribution < -0.4 is 9.47 Å². The van der Waals surface area contributed by atoms with Gasteiger partial charge in [-0.2, -0.15) is 0 Å². The molecule has 0 amide bonds. The van der Waals surface area contributed by atoms with Crippen molar-refractivity contribution in [3.63, 3.8) is 0 Å². The van der Waals surface area contributed by atoms with Crippen LogP contribution in [0.4, 0.5) is 0 Å². The van der Waals surface area contributed by atoms with E-state index in [1.807, 2.05) is 64.1 Å². The molecular formula is C26H32O5. The van der Waals surface area contributed by atoms with E-state index in [2.05, 4.69) is 12.1 Å². The van der Waals surface area contributed by atoms with Gasteiger partial charge in [0.2, 0.25) is 0 Å². The van der Waals surface area contributed by atoms with E-state index in [-0.39, 0.29) is 24.2 Å². The molecular weight excluding hydrogens is 392 g/mol. The Bertz CT molecular complexity index is 921. The Morgan fingerprint density at radius 3 is 2.58 bits per heavy atom. The topological polar surface area (TPSA) is 65.0 Å². The van der Waals surface area contributed by atoms with E-state index in [4.69, 9.17) is 14.2 Å². The number of aliphatic carboxylic acids is 1. The largest absolute Gasteiger partial charge is 0.487 e. The molecule has 2 aliphatic rings. The molecule has 2 aromatic rings. The lowest BCUT2D eigenvalue weighted by Crippen LogP contribution is -2.52. The highest BCUT2D eigenvalue weighted by molar-refractivity contribution is 5.71. The maximum absolute atomic E-state index is 12.1. The average Bonchev–Trinajstić information content (AvgIpc) is 2.72. The van der Waals surface area contributed by atoms with E-state index < -0.39 is 17.5 Å². The number of hydrogen-bond acceptors (Lipinski definition) is 4. The third-order valence-electron chi connectivity index (χ3n) is 6.46. The summed E-state index contributed by atoms with van der Waals surface area (Å²) >= 11 is 0. The maximum atomic E-state index is 12.1. The third kappa shape index (κ3) is 4.42. The highest BCUT2D eigenvalue weighted by Gasteiger charge is 2.52. The van der Waals surface area contributed by atoms with Crippen LogP contribution in [0.3, 0.4) is 0 Å². The van der Waals surface area contributed by atoms with Crippen LogP contribution in [0, 0.1) is 11.8 Å². The summed E-state index contributed by atoms with van der Waals surface area (Å²) in [6.07, 6.45) is 1.44. The predicted molar refractivity (Wildman–Crippen MR) is 119 cm³/mol. The molecule has 0 spiro atoms. The second kappa shape index (κ2) is 8.54. The number of carboxylic acids is 1. The molecule has 166 valence electrons. The lowest BCUT2D eigenvalue weighted by Gasteiger charge is -2.50. The molecule has 1 N–H and O–H groups in total. The summed E-state index contributed by atoms with van der Waals surface area (Å²) < 4.78 is 19.0. The van der Waals surface area contributed by atoms with Gasteiger partial charge in [0.05, 0.1) is 24.2 Å². The van der Waals surface area contributed by atoms with Gasteiger partial charge in [-0.05, 0) is 58.6 Å². The van der Waals surface area contributed by atoms with E-state index >= 15 is 0 Å². The number of aryl methyl sites for hydroxylation is 1. The van der Waals surface area contributed by atoms with Crippen LogP contribution in [0.15, 0.2) is 48.5 Å². The molecule has 31 heavy (non-hydrogen) atoms. The molecule has 0 unspecified atom stereocenters. The van der Waals surface area contributed by atoms with E-state index in [0.29, 0.717) is 18.6 Å². The zero-order chi connectivity index (χ0) is 22.2. The number of rotatable bonds is 6. The first-order valence-corrected chi connectivity index (χ1v) is 11.2. The van der Waals surface area contributed by atoms with Crippen LogP contribution in [0.25, 0.3) is 0 Å². The van der Waals surface area contributed by atoms with Gasteiger partial charge in [0.15, 0.2) is 11.5 Å². The Morgan fingerprint density at radius 2 is 1.90 bits per heavy atom. The number of carbonyl (C=O) groups is 1. The first-order chi connectivity index (χ1) is 14.8. The number of ether oxygens (including phenoxy) is 3. The van der Waals surface area contributed by atoms with Crippen LogP contribution in [-0.4, -0.2) is 28.9 Å². The second-order valence-electron chi connectivity index (χ2n) is 9.45. The Hall–Kier alpha value is -2.53. The second-order valence-corrected chi connectivity index (χ2v) is 9.45.